The molecule has 1 fully saturated rings. The van der Waals surface area contributed by atoms with Crippen LogP contribution in [0.25, 0.3) is 0 Å². The normalized spacial score (nSPS) is 13.7. The van der Waals surface area contributed by atoms with E-state index in [1.54, 1.807) is 18.2 Å². The third kappa shape index (κ3) is 5.09. The van der Waals surface area contributed by atoms with E-state index in [1.807, 2.05) is 13.0 Å². The molecule has 0 amide bonds. The molecule has 30 heavy (non-hydrogen) atoms. The lowest BCUT2D eigenvalue weighted by atomic mass is 10.0. The van der Waals surface area contributed by atoms with Crippen LogP contribution >= 0.6 is 11.9 Å². The van der Waals surface area contributed by atoms with Gasteiger partial charge in [-0.3, -0.25) is 4.90 Å². The van der Waals surface area contributed by atoms with Crippen molar-refractivity contribution in [1.82, 2.24) is 9.88 Å². The van der Waals surface area contributed by atoms with Gasteiger partial charge in [-0.25, -0.2) is 9.37 Å². The monoisotopic (exact) mass is 426 g/mol. The summed E-state index contributed by atoms with van der Waals surface area (Å²) in [6.07, 6.45) is 1.27. The van der Waals surface area contributed by atoms with Gasteiger partial charge in [0.25, 0.3) is 0 Å². The van der Waals surface area contributed by atoms with Crippen molar-refractivity contribution < 1.29 is 8.78 Å². The number of hydrogen-bond donors (Lipinski definition) is 2. The third-order valence-corrected chi connectivity index (χ3v) is 6.03. The zero-order chi connectivity index (χ0) is 20.9. The Labute approximate surface area is 179 Å². The Morgan fingerprint density at radius 1 is 1.03 bits per heavy atom. The molecule has 0 radical (unpaired) electrons. The van der Waals surface area contributed by atoms with E-state index in [0.29, 0.717) is 17.3 Å². The zero-order valence-corrected chi connectivity index (χ0v) is 17.6. The molecule has 1 aliphatic heterocycles. The van der Waals surface area contributed by atoms with E-state index in [4.69, 9.17) is 0 Å². The van der Waals surface area contributed by atoms with Crippen LogP contribution in [0.15, 0.2) is 59.5 Å². The van der Waals surface area contributed by atoms with Crippen molar-refractivity contribution in [1.29, 1.82) is 0 Å². The van der Waals surface area contributed by atoms with Gasteiger partial charge < -0.3 is 10.0 Å². The number of nitrogens with zero attached hydrogens (tertiary/aromatic N) is 2. The van der Waals surface area contributed by atoms with Crippen LogP contribution < -0.4 is 10.0 Å². The summed E-state index contributed by atoms with van der Waals surface area (Å²) in [5.41, 5.74) is 4.23. The molecule has 0 bridgehead atoms. The van der Waals surface area contributed by atoms with Crippen molar-refractivity contribution in [2.24, 2.45) is 0 Å². The van der Waals surface area contributed by atoms with Crippen molar-refractivity contribution in [3.05, 3.63) is 83.1 Å². The van der Waals surface area contributed by atoms with Gasteiger partial charge in [-0.2, -0.15) is 4.39 Å². The van der Waals surface area contributed by atoms with Crippen LogP contribution in [0.1, 0.15) is 23.1 Å². The van der Waals surface area contributed by atoms with Crippen molar-refractivity contribution in [3.63, 3.8) is 0 Å². The Kier molecular flexibility index (Phi) is 6.50. The number of aromatic nitrogens is 1. The number of rotatable bonds is 8. The third-order valence-electron chi connectivity index (χ3n) is 5.19. The molecule has 0 saturated carbocycles. The van der Waals surface area contributed by atoms with E-state index in [1.165, 1.54) is 29.7 Å². The second kappa shape index (κ2) is 9.45. The summed E-state index contributed by atoms with van der Waals surface area (Å²) < 4.78 is 30.7. The predicted molar refractivity (Wildman–Crippen MR) is 118 cm³/mol. The SMILES string of the molecule is Cc1cc(SNc2cccc(F)n2)c(F)cc1NCc1ccccc1CN1CCC1. The second-order valence-electron chi connectivity index (χ2n) is 7.40. The van der Waals surface area contributed by atoms with Crippen LogP contribution in [-0.4, -0.2) is 23.0 Å². The van der Waals surface area contributed by atoms with E-state index >= 15 is 0 Å². The molecule has 4 nitrogen and oxygen atoms in total. The number of aryl methyl sites for hydroxylation is 1. The summed E-state index contributed by atoms with van der Waals surface area (Å²) in [7, 11) is 0. The molecule has 2 heterocycles. The van der Waals surface area contributed by atoms with E-state index in [-0.39, 0.29) is 5.82 Å². The van der Waals surface area contributed by atoms with Crippen molar-refractivity contribution in [2.45, 2.75) is 31.3 Å². The first-order chi connectivity index (χ1) is 14.6. The minimum Gasteiger partial charge on any atom is -0.381 e. The highest BCUT2D eigenvalue weighted by Gasteiger charge is 2.15. The molecule has 2 aromatic carbocycles. The van der Waals surface area contributed by atoms with Gasteiger partial charge in [-0.1, -0.05) is 30.3 Å². The maximum atomic E-state index is 14.6. The maximum absolute atomic E-state index is 14.6. The van der Waals surface area contributed by atoms with Crippen LogP contribution in [0, 0.1) is 18.7 Å². The fourth-order valence-corrected chi connectivity index (χ4v) is 4.07. The van der Waals surface area contributed by atoms with E-state index < -0.39 is 5.95 Å². The Balaban J connectivity index is 1.41. The Morgan fingerprint density at radius 3 is 2.57 bits per heavy atom. The summed E-state index contributed by atoms with van der Waals surface area (Å²) in [6, 6.07) is 16.1. The lowest BCUT2D eigenvalue weighted by Gasteiger charge is -2.31. The minimum atomic E-state index is -0.578. The standard InChI is InChI=1S/C23H24F2N4S/c1-16-12-21(30-28-23-9-4-8-22(25)27-23)19(24)13-20(16)26-14-17-6-2-3-7-18(17)15-29-10-5-11-29/h2-4,6-9,12-13,26H,5,10-11,14-15H2,1H3,(H,27,28). The topological polar surface area (TPSA) is 40.2 Å². The fraction of sp³-hybridized carbons (Fsp3) is 0.261. The number of nitrogens with one attached hydrogen (secondary N) is 2. The van der Waals surface area contributed by atoms with Crippen LogP contribution in [-0.2, 0) is 13.1 Å². The quantitative estimate of drug-likeness (QED) is 0.362. The summed E-state index contributed by atoms with van der Waals surface area (Å²) in [4.78, 5) is 6.58. The molecule has 0 atom stereocenters. The predicted octanol–water partition coefficient (Wildman–Crippen LogP) is 5.61. The van der Waals surface area contributed by atoms with Crippen LogP contribution in [0.3, 0.4) is 0 Å². The Morgan fingerprint density at radius 2 is 1.83 bits per heavy atom. The molecule has 4 rings (SSSR count). The highest BCUT2D eigenvalue weighted by molar-refractivity contribution is 8.00. The van der Waals surface area contributed by atoms with E-state index in [2.05, 4.69) is 38.1 Å². The first kappa shape index (κ1) is 20.6. The van der Waals surface area contributed by atoms with Crippen molar-refractivity contribution >= 4 is 23.5 Å². The fourth-order valence-electron chi connectivity index (χ4n) is 3.35. The number of benzene rings is 2. The highest BCUT2D eigenvalue weighted by Crippen LogP contribution is 2.29. The van der Waals surface area contributed by atoms with Gasteiger partial charge >= 0.3 is 0 Å². The molecule has 7 heteroatoms. The van der Waals surface area contributed by atoms with Crippen LogP contribution in [0.4, 0.5) is 20.3 Å². The molecular formula is C23H24F2N4S. The molecule has 1 aromatic heterocycles. The van der Waals surface area contributed by atoms with Gasteiger partial charge in [0, 0.05) is 18.8 Å². The van der Waals surface area contributed by atoms with Gasteiger partial charge in [0.05, 0.1) is 4.90 Å². The largest absolute Gasteiger partial charge is 0.381 e. The first-order valence-electron chi connectivity index (χ1n) is 9.97. The molecule has 2 N–H and O–H groups in total. The average molecular weight is 427 g/mol. The summed E-state index contributed by atoms with van der Waals surface area (Å²) in [6.45, 7) is 5.86. The number of pyridine rings is 1. The van der Waals surface area contributed by atoms with E-state index in [9.17, 15) is 8.78 Å². The lowest BCUT2D eigenvalue weighted by Crippen LogP contribution is -2.36. The molecule has 0 aliphatic carbocycles. The van der Waals surface area contributed by atoms with Crippen molar-refractivity contribution in [2.75, 3.05) is 23.1 Å². The molecule has 1 aliphatic rings. The summed E-state index contributed by atoms with van der Waals surface area (Å²) in [5, 5.41) is 3.38. The second-order valence-corrected chi connectivity index (χ2v) is 8.25. The van der Waals surface area contributed by atoms with Gasteiger partial charge in [-0.05, 0) is 79.3 Å². The highest BCUT2D eigenvalue weighted by atomic mass is 32.2. The van der Waals surface area contributed by atoms with E-state index in [0.717, 1.165) is 42.8 Å². The lowest BCUT2D eigenvalue weighted by molar-refractivity contribution is 0.172. The number of likely N-dealkylation sites (tertiary alicyclic amines) is 1. The molecule has 0 unspecified atom stereocenters. The van der Waals surface area contributed by atoms with Crippen molar-refractivity contribution in [3.8, 4) is 0 Å². The van der Waals surface area contributed by atoms with Gasteiger partial charge in [0.1, 0.15) is 11.6 Å². The number of anilines is 2. The average Bonchev–Trinajstić information content (AvgIpc) is 2.71. The number of hydrogen-bond acceptors (Lipinski definition) is 5. The van der Waals surface area contributed by atoms with Gasteiger partial charge in [0.15, 0.2) is 0 Å². The van der Waals surface area contributed by atoms with Crippen LogP contribution in [0.5, 0.6) is 0 Å². The smallest absolute Gasteiger partial charge is 0.214 e. The first-order valence-corrected chi connectivity index (χ1v) is 10.8. The molecule has 1 saturated heterocycles. The minimum absolute atomic E-state index is 0.342. The molecule has 0 spiro atoms. The van der Waals surface area contributed by atoms with Gasteiger partial charge in [0.2, 0.25) is 5.95 Å². The van der Waals surface area contributed by atoms with Gasteiger partial charge in [-0.15, -0.1) is 0 Å². The molecule has 3 aromatic rings. The summed E-state index contributed by atoms with van der Waals surface area (Å²) in [5.74, 6) is -0.574. The Hall–Kier alpha value is -2.64. The Bertz CT molecular complexity index is 1020. The number of halogens is 2. The zero-order valence-electron chi connectivity index (χ0n) is 16.8. The summed E-state index contributed by atoms with van der Waals surface area (Å²) >= 11 is 1.08. The molecule has 156 valence electrons. The van der Waals surface area contributed by atoms with Crippen LogP contribution in [0.2, 0.25) is 0 Å². The molecular weight excluding hydrogens is 402 g/mol. The maximum Gasteiger partial charge on any atom is 0.214 e.